The molecule has 3 N–H and O–H groups in total. The number of amides is 1. The van der Waals surface area contributed by atoms with E-state index in [0.717, 1.165) is 16.9 Å². The third kappa shape index (κ3) is 4.66. The Morgan fingerprint density at radius 2 is 1.94 bits per heavy atom. The highest BCUT2D eigenvalue weighted by Gasteiger charge is 2.38. The van der Waals surface area contributed by atoms with E-state index in [1.807, 2.05) is 25.7 Å². The Balaban J connectivity index is 1.69. The van der Waals surface area contributed by atoms with Gasteiger partial charge in [-0.2, -0.15) is 18.3 Å². The fourth-order valence-electron chi connectivity index (χ4n) is 4.34. The van der Waals surface area contributed by atoms with Crippen molar-refractivity contribution < 1.29 is 27.1 Å². The van der Waals surface area contributed by atoms with Crippen molar-refractivity contribution >= 4 is 17.2 Å². The van der Waals surface area contributed by atoms with Crippen LogP contribution in [-0.4, -0.2) is 68.8 Å². The van der Waals surface area contributed by atoms with Crippen LogP contribution in [0, 0.1) is 5.92 Å². The van der Waals surface area contributed by atoms with Crippen LogP contribution in [0.2, 0.25) is 0 Å². The van der Waals surface area contributed by atoms with Crippen LogP contribution in [0.3, 0.4) is 0 Å². The summed E-state index contributed by atoms with van der Waals surface area (Å²) in [4.78, 5) is 22.9. The van der Waals surface area contributed by atoms with Crippen LogP contribution in [0.25, 0.3) is 16.8 Å². The van der Waals surface area contributed by atoms with Gasteiger partial charge in [0.15, 0.2) is 5.82 Å². The van der Waals surface area contributed by atoms with E-state index in [1.165, 1.54) is 19.4 Å². The van der Waals surface area contributed by atoms with Gasteiger partial charge in [-0.25, -0.2) is 18.9 Å². The molecule has 3 atom stereocenters. The predicted molar refractivity (Wildman–Crippen MR) is 124 cm³/mol. The molecule has 0 spiro atoms. The molecule has 3 aromatic rings. The van der Waals surface area contributed by atoms with E-state index >= 15 is 0 Å². The van der Waals surface area contributed by atoms with Gasteiger partial charge in [0.05, 0.1) is 24.4 Å². The predicted octanol–water partition coefficient (Wildman–Crippen LogP) is 3.20. The van der Waals surface area contributed by atoms with Crippen molar-refractivity contribution in [1.29, 1.82) is 0 Å². The summed E-state index contributed by atoms with van der Waals surface area (Å²) in [7, 11) is 1.31. The molecule has 4 rings (SSSR count). The third-order valence-electron chi connectivity index (χ3n) is 6.61. The van der Waals surface area contributed by atoms with Crippen molar-refractivity contribution in [2.75, 3.05) is 25.9 Å². The lowest BCUT2D eigenvalue weighted by molar-refractivity contribution is -0.136. The molecule has 1 saturated heterocycles. The van der Waals surface area contributed by atoms with Crippen LogP contribution in [0.1, 0.15) is 36.7 Å². The van der Waals surface area contributed by atoms with E-state index in [0.29, 0.717) is 12.5 Å². The number of carbonyl (C=O) groups is 1. The summed E-state index contributed by atoms with van der Waals surface area (Å²) in [6.07, 6.45) is -3.71. The normalized spacial score (nSPS) is 19.7. The lowest BCUT2D eigenvalue weighted by Gasteiger charge is -2.27. The molecular weight excluding hydrogens is 482 g/mol. The fraction of sp³-hybridized carbons (Fsp3) is 0.478. The first-order chi connectivity index (χ1) is 16.9. The molecular formula is C23H27F4N7O2. The summed E-state index contributed by atoms with van der Waals surface area (Å²) in [6, 6.07) is 1.57. The van der Waals surface area contributed by atoms with E-state index in [4.69, 9.17) is 10.5 Å². The molecule has 3 aromatic heterocycles. The Kier molecular flexibility index (Phi) is 6.78. The van der Waals surface area contributed by atoms with E-state index in [-0.39, 0.29) is 41.1 Å². The number of carbonyl (C=O) groups excluding carboxylic acids is 1. The maximum absolute atomic E-state index is 14.8. The zero-order valence-corrected chi connectivity index (χ0v) is 20.2. The molecule has 0 bridgehead atoms. The zero-order valence-electron chi connectivity index (χ0n) is 20.2. The van der Waals surface area contributed by atoms with Gasteiger partial charge in [-0.15, -0.1) is 0 Å². The number of alkyl halides is 4. The molecule has 13 heteroatoms. The molecule has 194 valence electrons. The van der Waals surface area contributed by atoms with Crippen molar-refractivity contribution in [3.8, 4) is 17.1 Å². The lowest BCUT2D eigenvalue weighted by Crippen LogP contribution is -2.42. The SMILES string of the molecule is COc1ncc(-c2cc(C(F)(F)F)c3c(N)ncnn23)cc1C(=O)N[C@@H]1CN(C(C)C(C)C)C[C@@H]1F. The third-order valence-corrected chi connectivity index (χ3v) is 6.61. The maximum atomic E-state index is 14.8. The summed E-state index contributed by atoms with van der Waals surface area (Å²) in [5.74, 6) is -0.746. The summed E-state index contributed by atoms with van der Waals surface area (Å²) in [5, 5.41) is 6.60. The number of likely N-dealkylation sites (tertiary alicyclic amines) is 1. The highest BCUT2D eigenvalue weighted by molar-refractivity contribution is 5.98. The smallest absolute Gasteiger partial charge is 0.418 e. The van der Waals surface area contributed by atoms with Crippen molar-refractivity contribution in [2.24, 2.45) is 5.92 Å². The number of hydrogen-bond donors (Lipinski definition) is 2. The van der Waals surface area contributed by atoms with Crippen LogP contribution in [0.4, 0.5) is 23.4 Å². The monoisotopic (exact) mass is 509 g/mol. The molecule has 0 aromatic carbocycles. The van der Waals surface area contributed by atoms with Gasteiger partial charge in [0, 0.05) is 30.9 Å². The number of anilines is 1. The molecule has 0 radical (unpaired) electrons. The summed E-state index contributed by atoms with van der Waals surface area (Å²) >= 11 is 0. The minimum absolute atomic E-state index is 0.00297. The number of nitrogens with one attached hydrogen (secondary N) is 1. The lowest BCUT2D eigenvalue weighted by atomic mass is 10.1. The Bertz CT molecular complexity index is 1280. The number of nitrogens with two attached hydrogens (primary N) is 1. The number of ether oxygens (including phenoxy) is 1. The summed E-state index contributed by atoms with van der Waals surface area (Å²) in [5.41, 5.74) is 4.38. The molecule has 0 aliphatic carbocycles. The van der Waals surface area contributed by atoms with Crippen LogP contribution in [-0.2, 0) is 6.18 Å². The standard InChI is InChI=1S/C23H27F4N7O2/c1-11(2)12(3)33-8-16(24)17(9-33)32-21(35)14-5-13(7-29-22(14)36-4)18-6-15(23(25,26)27)19-20(28)30-10-31-34(18)19/h5-7,10-12,16-17H,8-9H2,1-4H3,(H,32,35)(H2,28,30,31)/t12?,16-,17+/m0/s1. The number of nitrogens with zero attached hydrogens (tertiary/aromatic N) is 5. The van der Waals surface area contributed by atoms with Gasteiger partial charge >= 0.3 is 6.18 Å². The highest BCUT2D eigenvalue weighted by Crippen LogP contribution is 2.39. The van der Waals surface area contributed by atoms with Crippen LogP contribution >= 0.6 is 0 Å². The number of aromatic nitrogens is 4. The average molecular weight is 510 g/mol. The maximum Gasteiger partial charge on any atom is 0.418 e. The molecule has 1 fully saturated rings. The number of fused-ring (bicyclic) bond motifs is 1. The molecule has 1 unspecified atom stereocenters. The molecule has 0 saturated carbocycles. The summed E-state index contributed by atoms with van der Waals surface area (Å²) in [6.45, 7) is 6.61. The molecule has 1 amide bonds. The van der Waals surface area contributed by atoms with Gasteiger partial charge in [-0.05, 0) is 25.0 Å². The number of nitrogen functional groups attached to an aromatic ring is 1. The van der Waals surface area contributed by atoms with Gasteiger partial charge in [-0.3, -0.25) is 9.69 Å². The number of methoxy groups -OCH3 is 1. The van der Waals surface area contributed by atoms with Gasteiger partial charge in [0.1, 0.15) is 23.6 Å². The van der Waals surface area contributed by atoms with Crippen molar-refractivity contribution in [2.45, 2.75) is 45.2 Å². The quantitative estimate of drug-likeness (QED) is 0.491. The first-order valence-corrected chi connectivity index (χ1v) is 11.3. The molecule has 1 aliphatic heterocycles. The van der Waals surface area contributed by atoms with Gasteiger partial charge in [0.25, 0.3) is 5.91 Å². The van der Waals surface area contributed by atoms with E-state index in [9.17, 15) is 22.4 Å². The number of halogens is 4. The van der Waals surface area contributed by atoms with Gasteiger partial charge in [-0.1, -0.05) is 13.8 Å². The van der Waals surface area contributed by atoms with Crippen LogP contribution in [0.15, 0.2) is 24.7 Å². The Morgan fingerprint density at radius 1 is 1.22 bits per heavy atom. The van der Waals surface area contributed by atoms with Crippen LogP contribution in [0.5, 0.6) is 5.88 Å². The molecule has 1 aliphatic rings. The average Bonchev–Trinajstić information content (AvgIpc) is 3.39. The Morgan fingerprint density at radius 3 is 2.58 bits per heavy atom. The number of rotatable bonds is 6. The van der Waals surface area contributed by atoms with E-state index in [1.54, 1.807) is 0 Å². The zero-order chi connectivity index (χ0) is 26.4. The minimum atomic E-state index is -4.72. The van der Waals surface area contributed by atoms with E-state index in [2.05, 4.69) is 20.4 Å². The second-order valence-electron chi connectivity index (χ2n) is 9.16. The first kappa shape index (κ1) is 25.6. The molecule has 9 nitrogen and oxygen atoms in total. The summed E-state index contributed by atoms with van der Waals surface area (Å²) < 4.78 is 62.0. The second-order valence-corrected chi connectivity index (χ2v) is 9.16. The van der Waals surface area contributed by atoms with Crippen molar-refractivity contribution in [1.82, 2.24) is 29.8 Å². The second kappa shape index (κ2) is 9.52. The molecule has 4 heterocycles. The minimum Gasteiger partial charge on any atom is -0.480 e. The van der Waals surface area contributed by atoms with Crippen LogP contribution < -0.4 is 15.8 Å². The fourth-order valence-corrected chi connectivity index (χ4v) is 4.34. The Labute approximate surface area is 204 Å². The molecule has 36 heavy (non-hydrogen) atoms. The number of hydrogen-bond acceptors (Lipinski definition) is 7. The van der Waals surface area contributed by atoms with E-state index < -0.39 is 35.4 Å². The van der Waals surface area contributed by atoms with Crippen molar-refractivity contribution in [3.05, 3.63) is 35.8 Å². The highest BCUT2D eigenvalue weighted by atomic mass is 19.4. The number of pyridine rings is 1. The Hall–Kier alpha value is -3.48. The van der Waals surface area contributed by atoms with Gasteiger partial charge < -0.3 is 15.8 Å². The van der Waals surface area contributed by atoms with Crippen molar-refractivity contribution in [3.63, 3.8) is 0 Å². The topological polar surface area (TPSA) is 111 Å². The van der Waals surface area contributed by atoms with Gasteiger partial charge in [0.2, 0.25) is 5.88 Å². The largest absolute Gasteiger partial charge is 0.480 e. The first-order valence-electron chi connectivity index (χ1n) is 11.3.